The van der Waals surface area contributed by atoms with Crippen LogP contribution in [0.25, 0.3) is 11.1 Å². The Morgan fingerprint density at radius 1 is 1.06 bits per heavy atom. The van der Waals surface area contributed by atoms with E-state index in [0.29, 0.717) is 17.5 Å². The van der Waals surface area contributed by atoms with Gasteiger partial charge < -0.3 is 28.6 Å². The third-order valence-corrected chi connectivity index (χ3v) is 8.13. The van der Waals surface area contributed by atoms with Crippen molar-refractivity contribution in [2.45, 2.75) is 70.4 Å². The first-order chi connectivity index (χ1) is 23.8. The molecule has 11 nitrogen and oxygen atoms in total. The lowest BCUT2D eigenvalue weighted by Gasteiger charge is -2.22. The smallest absolute Gasteiger partial charge is 0.495 e. The number of anilines is 1. The fraction of sp³-hybridized carbons (Fsp3) is 0.400. The van der Waals surface area contributed by atoms with Crippen LogP contribution in [0.3, 0.4) is 0 Å². The molecule has 1 amide bonds. The molecular weight excluding hydrogens is 683 g/mol. The van der Waals surface area contributed by atoms with Crippen molar-refractivity contribution >= 4 is 35.3 Å². The molecule has 266 valence electrons. The maximum Gasteiger partial charge on any atom is 0.511 e. The second-order valence-corrected chi connectivity index (χ2v) is 11.8. The largest absolute Gasteiger partial charge is 0.511 e. The number of para-hydroxylation sites is 2. The van der Waals surface area contributed by atoms with Gasteiger partial charge in [-0.05, 0) is 56.4 Å². The number of benzene rings is 2. The van der Waals surface area contributed by atoms with E-state index in [2.05, 4.69) is 4.98 Å². The zero-order chi connectivity index (χ0) is 36.4. The van der Waals surface area contributed by atoms with Gasteiger partial charge in [0.1, 0.15) is 23.3 Å². The van der Waals surface area contributed by atoms with E-state index in [9.17, 15) is 32.8 Å². The molecule has 0 spiro atoms. The number of nitriles is 1. The highest BCUT2D eigenvalue weighted by Crippen LogP contribution is 2.39. The number of amides is 1. The fourth-order valence-corrected chi connectivity index (χ4v) is 5.57. The van der Waals surface area contributed by atoms with Crippen LogP contribution in [0.4, 0.5) is 23.7 Å². The SMILES string of the molecule is COc1ccccc1N(C)C(=O)c1cc(-c2cnc(C(F)(F)F)cc2C#N)c(Cl)cc1OCCCC(=O)OC(C)OC(=O)OC1CCCCC1. The maximum absolute atomic E-state index is 13.9. The number of halogens is 4. The van der Waals surface area contributed by atoms with E-state index in [0.717, 1.165) is 38.3 Å². The van der Waals surface area contributed by atoms with Crippen LogP contribution in [0.2, 0.25) is 5.02 Å². The van der Waals surface area contributed by atoms with Gasteiger partial charge in [-0.15, -0.1) is 0 Å². The van der Waals surface area contributed by atoms with Crippen molar-refractivity contribution in [1.29, 1.82) is 5.26 Å². The zero-order valence-corrected chi connectivity index (χ0v) is 28.3. The van der Waals surface area contributed by atoms with Gasteiger partial charge in [0, 0.05) is 43.8 Å². The monoisotopic (exact) mass is 717 g/mol. The van der Waals surface area contributed by atoms with Crippen LogP contribution in [0.15, 0.2) is 48.7 Å². The van der Waals surface area contributed by atoms with Gasteiger partial charge in [-0.2, -0.15) is 18.4 Å². The molecule has 2 aromatic carbocycles. The maximum atomic E-state index is 13.9. The first kappa shape index (κ1) is 37.8. The van der Waals surface area contributed by atoms with Gasteiger partial charge in [-0.1, -0.05) is 30.2 Å². The van der Waals surface area contributed by atoms with E-state index >= 15 is 0 Å². The summed E-state index contributed by atoms with van der Waals surface area (Å²) in [6.45, 7) is 1.30. The lowest BCUT2D eigenvalue weighted by atomic mass is 9.98. The molecule has 4 rings (SSSR count). The molecule has 50 heavy (non-hydrogen) atoms. The molecule has 15 heteroatoms. The molecule has 1 saturated carbocycles. The number of aromatic nitrogens is 1. The topological polar surface area (TPSA) is 137 Å². The number of nitrogens with zero attached hydrogens (tertiary/aromatic N) is 3. The molecule has 1 aromatic heterocycles. The van der Waals surface area contributed by atoms with E-state index in [1.807, 2.05) is 0 Å². The quantitative estimate of drug-likeness (QED) is 0.103. The van der Waals surface area contributed by atoms with Gasteiger partial charge in [-0.25, -0.2) is 4.79 Å². The second kappa shape index (κ2) is 17.1. The number of ether oxygens (including phenoxy) is 5. The van der Waals surface area contributed by atoms with Crippen molar-refractivity contribution in [2.24, 2.45) is 0 Å². The summed E-state index contributed by atoms with van der Waals surface area (Å²) in [6.07, 6.45) is -1.71. The standard InChI is InChI=1S/C35H35ClF3N3O8/c1-21(49-34(45)50-23-10-5-4-6-11-23)48-32(43)14-9-15-47-30-18-27(36)24(26-20-41-31(35(37,38)39)16-22(26)19-40)17-25(30)33(44)42(2)28-12-7-8-13-29(28)46-3/h7-8,12-13,16-18,20-21,23H,4-6,9-11,14-15H2,1-3H3. The Hall–Kier alpha value is -5.03. The highest BCUT2D eigenvalue weighted by molar-refractivity contribution is 6.34. The Morgan fingerprint density at radius 3 is 2.46 bits per heavy atom. The normalized spacial score (nSPS) is 13.8. The van der Waals surface area contributed by atoms with Crippen LogP contribution in [-0.4, -0.2) is 56.2 Å². The first-order valence-corrected chi connectivity index (χ1v) is 16.1. The highest BCUT2D eigenvalue weighted by atomic mass is 35.5. The summed E-state index contributed by atoms with van der Waals surface area (Å²) >= 11 is 6.56. The molecule has 0 saturated heterocycles. The van der Waals surface area contributed by atoms with E-state index in [1.165, 1.54) is 38.1 Å². The predicted molar refractivity (Wildman–Crippen MR) is 175 cm³/mol. The summed E-state index contributed by atoms with van der Waals surface area (Å²) in [5.41, 5.74) is -1.25. The van der Waals surface area contributed by atoms with E-state index in [1.54, 1.807) is 30.3 Å². The van der Waals surface area contributed by atoms with Crippen molar-refractivity contribution < 1.29 is 51.2 Å². The van der Waals surface area contributed by atoms with Crippen LogP contribution in [0, 0.1) is 11.3 Å². The minimum absolute atomic E-state index is 0.000552. The molecule has 1 fully saturated rings. The summed E-state index contributed by atoms with van der Waals surface area (Å²) in [4.78, 5) is 43.1. The number of methoxy groups -OCH3 is 1. The van der Waals surface area contributed by atoms with Crippen LogP contribution < -0.4 is 14.4 Å². The average Bonchev–Trinajstić information content (AvgIpc) is 3.09. The number of rotatable bonds is 12. The Labute approximate surface area is 291 Å². The van der Waals surface area contributed by atoms with E-state index < -0.39 is 36.2 Å². The number of hydrogen-bond acceptors (Lipinski definition) is 10. The summed E-state index contributed by atoms with van der Waals surface area (Å²) in [5.74, 6) is -0.894. The van der Waals surface area contributed by atoms with Gasteiger partial charge in [0.2, 0.25) is 6.29 Å². The Balaban J connectivity index is 1.51. The average molecular weight is 718 g/mol. The van der Waals surface area contributed by atoms with Crippen LogP contribution >= 0.6 is 11.6 Å². The number of esters is 1. The summed E-state index contributed by atoms with van der Waals surface area (Å²) < 4.78 is 66.7. The third-order valence-electron chi connectivity index (χ3n) is 7.81. The molecule has 1 unspecified atom stereocenters. The molecule has 0 aliphatic heterocycles. The Morgan fingerprint density at radius 2 is 1.78 bits per heavy atom. The van der Waals surface area contributed by atoms with E-state index in [4.69, 9.17) is 35.3 Å². The predicted octanol–water partition coefficient (Wildman–Crippen LogP) is 8.11. The highest BCUT2D eigenvalue weighted by Gasteiger charge is 2.33. The van der Waals surface area contributed by atoms with Crippen LogP contribution in [0.5, 0.6) is 11.5 Å². The molecular formula is C35H35ClF3N3O8. The number of pyridine rings is 1. The summed E-state index contributed by atoms with van der Waals surface area (Å²) in [7, 11) is 2.93. The Kier molecular flexibility index (Phi) is 12.9. The second-order valence-electron chi connectivity index (χ2n) is 11.3. The van der Waals surface area contributed by atoms with Crippen molar-refractivity contribution in [3.63, 3.8) is 0 Å². The molecule has 0 N–H and O–H groups in total. The minimum Gasteiger partial charge on any atom is -0.495 e. The number of carbonyl (C=O) groups is 3. The number of carbonyl (C=O) groups excluding carboxylic acids is 3. The number of hydrogen-bond donors (Lipinski definition) is 0. The van der Waals surface area contributed by atoms with Crippen molar-refractivity contribution in [1.82, 2.24) is 4.98 Å². The van der Waals surface area contributed by atoms with Crippen molar-refractivity contribution in [3.05, 3.63) is 70.5 Å². The van der Waals surface area contributed by atoms with Gasteiger partial charge in [-0.3, -0.25) is 14.6 Å². The van der Waals surface area contributed by atoms with Crippen molar-refractivity contribution in [2.75, 3.05) is 25.7 Å². The molecule has 0 bridgehead atoms. The zero-order valence-electron chi connectivity index (χ0n) is 27.5. The van der Waals surface area contributed by atoms with Crippen molar-refractivity contribution in [3.8, 4) is 28.7 Å². The third kappa shape index (κ3) is 9.78. The molecule has 1 aliphatic carbocycles. The van der Waals surface area contributed by atoms with Gasteiger partial charge >= 0.3 is 18.3 Å². The first-order valence-electron chi connectivity index (χ1n) is 15.7. The van der Waals surface area contributed by atoms with Gasteiger partial charge in [0.15, 0.2) is 0 Å². The Bertz CT molecular complexity index is 1740. The van der Waals surface area contributed by atoms with Gasteiger partial charge in [0.05, 0.1) is 41.6 Å². The molecule has 1 aliphatic rings. The fourth-order valence-electron chi connectivity index (χ4n) is 5.31. The van der Waals surface area contributed by atoms with Crippen LogP contribution in [-0.2, 0) is 25.2 Å². The lowest BCUT2D eigenvalue weighted by molar-refractivity contribution is -0.169. The van der Waals surface area contributed by atoms with Gasteiger partial charge in [0.25, 0.3) is 5.91 Å². The lowest BCUT2D eigenvalue weighted by Crippen LogP contribution is -2.27. The van der Waals surface area contributed by atoms with E-state index in [-0.39, 0.29) is 58.6 Å². The van der Waals surface area contributed by atoms with Crippen LogP contribution in [0.1, 0.15) is 73.5 Å². The minimum atomic E-state index is -4.79. The summed E-state index contributed by atoms with van der Waals surface area (Å²) in [5, 5.41) is 9.63. The number of alkyl halides is 3. The summed E-state index contributed by atoms with van der Waals surface area (Å²) in [6, 6.07) is 11.7. The molecule has 1 heterocycles. The molecule has 1 atom stereocenters. The molecule has 0 radical (unpaired) electrons. The molecule has 3 aromatic rings.